The molecule has 0 atom stereocenters. The summed E-state index contributed by atoms with van der Waals surface area (Å²) < 4.78 is 44.0. The minimum Gasteiger partial charge on any atom is -0.422 e. The summed E-state index contributed by atoms with van der Waals surface area (Å²) in [6, 6.07) is 9.12. The van der Waals surface area contributed by atoms with Gasteiger partial charge >= 0.3 is 11.8 Å². The highest BCUT2D eigenvalue weighted by atomic mass is 35.5. The molecule has 0 spiro atoms. The van der Waals surface area contributed by atoms with Crippen molar-refractivity contribution in [3.63, 3.8) is 0 Å². The van der Waals surface area contributed by atoms with Gasteiger partial charge in [0.25, 0.3) is 5.91 Å². The Bertz CT molecular complexity index is 1150. The van der Waals surface area contributed by atoms with Crippen LogP contribution in [0.2, 0.25) is 5.02 Å². The predicted molar refractivity (Wildman–Crippen MR) is 110 cm³/mol. The fourth-order valence-electron chi connectivity index (χ4n) is 3.03. The first-order chi connectivity index (χ1) is 14.1. The highest BCUT2D eigenvalue weighted by Gasteiger charge is 2.31. The van der Waals surface area contributed by atoms with Crippen LogP contribution in [0.25, 0.3) is 11.0 Å². The van der Waals surface area contributed by atoms with Crippen molar-refractivity contribution in [3.8, 4) is 0 Å². The average molecular weight is 439 g/mol. The number of nitrogens with zero attached hydrogens (tertiary/aromatic N) is 1. The van der Waals surface area contributed by atoms with Gasteiger partial charge in [0.1, 0.15) is 11.1 Å². The number of rotatable bonds is 5. The van der Waals surface area contributed by atoms with Crippen LogP contribution in [0, 0.1) is 0 Å². The molecule has 0 fully saturated rings. The van der Waals surface area contributed by atoms with Crippen LogP contribution in [0.4, 0.5) is 24.5 Å². The molecular formula is C21H18ClF3N2O3. The summed E-state index contributed by atoms with van der Waals surface area (Å²) in [6.45, 7) is 5.53. The molecule has 0 aliphatic carbocycles. The normalized spacial score (nSPS) is 11.5. The zero-order valence-electron chi connectivity index (χ0n) is 16.1. The molecule has 1 aromatic heterocycles. The lowest BCUT2D eigenvalue weighted by Gasteiger charge is -2.21. The number of carbonyl (C=O) groups excluding carboxylic acids is 1. The molecule has 1 heterocycles. The van der Waals surface area contributed by atoms with Crippen LogP contribution in [0.5, 0.6) is 0 Å². The first kappa shape index (κ1) is 21.7. The Hall–Kier alpha value is -3.00. The van der Waals surface area contributed by atoms with Gasteiger partial charge in [0.15, 0.2) is 0 Å². The zero-order valence-corrected chi connectivity index (χ0v) is 16.9. The summed E-state index contributed by atoms with van der Waals surface area (Å²) >= 11 is 5.90. The van der Waals surface area contributed by atoms with Crippen LogP contribution >= 0.6 is 11.6 Å². The number of amides is 1. The van der Waals surface area contributed by atoms with Gasteiger partial charge in [-0.3, -0.25) is 4.79 Å². The summed E-state index contributed by atoms with van der Waals surface area (Å²) in [5.74, 6) is -0.917. The molecule has 0 bridgehead atoms. The van der Waals surface area contributed by atoms with Crippen LogP contribution in [-0.4, -0.2) is 19.0 Å². The molecule has 1 N–H and O–H groups in total. The number of nitrogens with one attached hydrogen (secondary N) is 1. The highest BCUT2D eigenvalue weighted by molar-refractivity contribution is 6.34. The number of anilines is 2. The summed E-state index contributed by atoms with van der Waals surface area (Å²) in [6.07, 6.45) is -4.60. The van der Waals surface area contributed by atoms with Crippen LogP contribution in [-0.2, 0) is 6.18 Å². The Morgan fingerprint density at radius 3 is 2.43 bits per heavy atom. The molecule has 158 valence electrons. The lowest BCUT2D eigenvalue weighted by Crippen LogP contribution is -2.22. The maximum atomic E-state index is 12.9. The first-order valence-electron chi connectivity index (χ1n) is 9.15. The van der Waals surface area contributed by atoms with E-state index in [-0.39, 0.29) is 16.3 Å². The van der Waals surface area contributed by atoms with Crippen molar-refractivity contribution < 1.29 is 22.4 Å². The number of carbonyl (C=O) groups is 1. The van der Waals surface area contributed by atoms with E-state index in [1.54, 1.807) is 12.1 Å². The summed E-state index contributed by atoms with van der Waals surface area (Å²) in [5.41, 5.74) is -1.31. The second-order valence-corrected chi connectivity index (χ2v) is 6.90. The van der Waals surface area contributed by atoms with Crippen LogP contribution in [0.1, 0.15) is 29.8 Å². The molecule has 3 rings (SSSR count). The first-order valence-corrected chi connectivity index (χ1v) is 9.52. The lowest BCUT2D eigenvalue weighted by molar-refractivity contribution is -0.137. The van der Waals surface area contributed by atoms with E-state index in [4.69, 9.17) is 16.0 Å². The molecule has 0 aliphatic heterocycles. The minimum atomic E-state index is -4.60. The topological polar surface area (TPSA) is 62.6 Å². The minimum absolute atomic E-state index is 0.0922. The van der Waals surface area contributed by atoms with Crippen molar-refractivity contribution in [1.29, 1.82) is 0 Å². The molecule has 5 nitrogen and oxygen atoms in total. The largest absolute Gasteiger partial charge is 0.422 e. The SMILES string of the molecule is CCN(CC)c1ccc2cc(C(=O)Nc3cc(C(F)(F)F)ccc3Cl)c(=O)oc2c1. The summed E-state index contributed by atoms with van der Waals surface area (Å²) in [7, 11) is 0. The smallest absolute Gasteiger partial charge is 0.416 e. The van der Waals surface area contributed by atoms with Gasteiger partial charge in [0.05, 0.1) is 16.3 Å². The molecule has 30 heavy (non-hydrogen) atoms. The third-order valence-electron chi connectivity index (χ3n) is 4.63. The van der Waals surface area contributed by atoms with E-state index in [1.807, 2.05) is 19.9 Å². The number of fused-ring (bicyclic) bond motifs is 1. The van der Waals surface area contributed by atoms with Gasteiger partial charge in [-0.15, -0.1) is 0 Å². The molecule has 0 unspecified atom stereocenters. The van der Waals surface area contributed by atoms with E-state index >= 15 is 0 Å². The second-order valence-electron chi connectivity index (χ2n) is 6.49. The van der Waals surface area contributed by atoms with Gasteiger partial charge in [-0.1, -0.05) is 11.6 Å². The monoisotopic (exact) mass is 438 g/mol. The van der Waals surface area contributed by atoms with Crippen molar-refractivity contribution in [2.45, 2.75) is 20.0 Å². The van der Waals surface area contributed by atoms with Crippen molar-refractivity contribution in [3.05, 3.63) is 69.0 Å². The molecule has 0 aliphatic rings. The second kappa shape index (κ2) is 8.39. The third kappa shape index (κ3) is 4.43. The number of halogens is 4. The molecule has 0 radical (unpaired) electrons. The van der Waals surface area contributed by atoms with E-state index in [1.165, 1.54) is 6.07 Å². The molecule has 2 aromatic carbocycles. The Morgan fingerprint density at radius 2 is 1.80 bits per heavy atom. The van der Waals surface area contributed by atoms with Crippen LogP contribution < -0.4 is 15.8 Å². The lowest BCUT2D eigenvalue weighted by atomic mass is 10.1. The van der Waals surface area contributed by atoms with Crippen molar-refractivity contribution >= 4 is 39.9 Å². The number of benzene rings is 2. The summed E-state index contributed by atoms with van der Waals surface area (Å²) in [5, 5.41) is 2.67. The fraction of sp³-hybridized carbons (Fsp3) is 0.238. The average Bonchev–Trinajstić information content (AvgIpc) is 2.69. The van der Waals surface area contributed by atoms with E-state index in [0.29, 0.717) is 17.0 Å². The molecule has 0 saturated heterocycles. The standard InChI is InChI=1S/C21H18ClF3N2O3/c1-3-27(4-2)14-7-5-12-9-15(20(29)30-18(12)11-14)19(28)26-17-10-13(21(23,24)25)6-8-16(17)22/h5-11H,3-4H2,1-2H3,(H,26,28). The van der Waals surface area contributed by atoms with Crippen molar-refractivity contribution in [1.82, 2.24) is 0 Å². The van der Waals surface area contributed by atoms with Gasteiger partial charge in [-0.05, 0) is 50.2 Å². The third-order valence-corrected chi connectivity index (χ3v) is 4.96. The summed E-state index contributed by atoms with van der Waals surface area (Å²) in [4.78, 5) is 26.9. The number of alkyl halides is 3. The zero-order chi connectivity index (χ0) is 22.1. The maximum Gasteiger partial charge on any atom is 0.416 e. The molecule has 9 heteroatoms. The van der Waals surface area contributed by atoms with Crippen LogP contribution in [0.3, 0.4) is 0 Å². The van der Waals surface area contributed by atoms with E-state index in [0.717, 1.165) is 30.9 Å². The molecular weight excluding hydrogens is 421 g/mol. The van der Waals surface area contributed by atoms with E-state index < -0.39 is 23.3 Å². The molecule has 1 amide bonds. The Labute approximate surface area is 175 Å². The van der Waals surface area contributed by atoms with E-state index in [2.05, 4.69) is 10.2 Å². The maximum absolute atomic E-state index is 12.9. The fourth-order valence-corrected chi connectivity index (χ4v) is 3.20. The van der Waals surface area contributed by atoms with Gasteiger partial charge in [-0.25, -0.2) is 4.79 Å². The number of hydrogen-bond acceptors (Lipinski definition) is 4. The Kier molecular flexibility index (Phi) is 6.07. The molecule has 3 aromatic rings. The highest BCUT2D eigenvalue weighted by Crippen LogP contribution is 2.34. The number of hydrogen-bond donors (Lipinski definition) is 1. The van der Waals surface area contributed by atoms with E-state index in [9.17, 15) is 22.8 Å². The Morgan fingerprint density at radius 1 is 1.10 bits per heavy atom. The van der Waals surface area contributed by atoms with Crippen LogP contribution in [0.15, 0.2) is 51.7 Å². The van der Waals surface area contributed by atoms with Gasteiger partial charge < -0.3 is 14.6 Å². The molecule has 0 saturated carbocycles. The van der Waals surface area contributed by atoms with Gasteiger partial charge in [-0.2, -0.15) is 13.2 Å². The Balaban J connectivity index is 1.95. The van der Waals surface area contributed by atoms with Gasteiger partial charge in [0.2, 0.25) is 0 Å². The van der Waals surface area contributed by atoms with Crippen molar-refractivity contribution in [2.75, 3.05) is 23.3 Å². The van der Waals surface area contributed by atoms with Crippen molar-refractivity contribution in [2.24, 2.45) is 0 Å². The predicted octanol–water partition coefficient (Wildman–Crippen LogP) is 5.56. The van der Waals surface area contributed by atoms with Gasteiger partial charge in [0, 0.05) is 30.2 Å². The quantitative estimate of drug-likeness (QED) is 0.529.